The maximum absolute atomic E-state index is 11.3. The minimum absolute atomic E-state index is 0.0873. The van der Waals surface area contributed by atoms with E-state index in [9.17, 15) is 14.9 Å². The molecule has 25 heavy (non-hydrogen) atoms. The minimum Gasteiger partial charge on any atom is -0.486 e. The average molecular weight is 343 g/mol. The number of nitrogens with zero attached hydrogens (tertiary/aromatic N) is 1. The molecule has 3 N–H and O–H groups in total. The van der Waals surface area contributed by atoms with Crippen LogP contribution >= 0.6 is 0 Å². The Morgan fingerprint density at radius 3 is 2.60 bits per heavy atom. The van der Waals surface area contributed by atoms with Crippen LogP contribution in [0.25, 0.3) is 0 Å². The van der Waals surface area contributed by atoms with Gasteiger partial charge >= 0.3 is 0 Å². The number of ether oxygens (including phenoxy) is 2. The first-order chi connectivity index (χ1) is 12.0. The summed E-state index contributed by atoms with van der Waals surface area (Å²) in [6.45, 7) is 2.87. The lowest BCUT2D eigenvalue weighted by molar-refractivity contribution is -0.384. The van der Waals surface area contributed by atoms with E-state index < -0.39 is 10.8 Å². The predicted molar refractivity (Wildman–Crippen MR) is 91.1 cm³/mol. The van der Waals surface area contributed by atoms with Crippen LogP contribution in [0.1, 0.15) is 28.9 Å². The van der Waals surface area contributed by atoms with Gasteiger partial charge in [0.2, 0.25) is 5.91 Å². The summed E-state index contributed by atoms with van der Waals surface area (Å²) in [5.41, 5.74) is 6.25. The topological polar surface area (TPSA) is 117 Å². The van der Waals surface area contributed by atoms with E-state index in [-0.39, 0.29) is 17.3 Å². The van der Waals surface area contributed by atoms with Crippen LogP contribution in [0.2, 0.25) is 0 Å². The molecule has 8 nitrogen and oxygen atoms in total. The van der Waals surface area contributed by atoms with E-state index in [1.807, 2.05) is 25.1 Å². The van der Waals surface area contributed by atoms with E-state index in [4.69, 9.17) is 15.2 Å². The third-order valence-electron chi connectivity index (χ3n) is 3.92. The number of carbonyl (C=O) groups excluding carboxylic acids is 1. The van der Waals surface area contributed by atoms with Gasteiger partial charge < -0.3 is 20.5 Å². The monoisotopic (exact) mass is 343 g/mol. The molecule has 3 rings (SSSR count). The van der Waals surface area contributed by atoms with Gasteiger partial charge in [-0.25, -0.2) is 0 Å². The smallest absolute Gasteiger partial charge is 0.293 e. The van der Waals surface area contributed by atoms with E-state index >= 15 is 0 Å². The lowest BCUT2D eigenvalue weighted by Crippen LogP contribution is -2.16. The van der Waals surface area contributed by atoms with Crippen molar-refractivity contribution in [2.45, 2.75) is 13.0 Å². The summed E-state index contributed by atoms with van der Waals surface area (Å²) in [5.74, 6) is 0.615. The van der Waals surface area contributed by atoms with E-state index in [0.29, 0.717) is 30.4 Å². The third-order valence-corrected chi connectivity index (χ3v) is 3.92. The van der Waals surface area contributed by atoms with Gasteiger partial charge in [-0.2, -0.15) is 0 Å². The normalized spacial score (nSPS) is 13.8. The van der Waals surface area contributed by atoms with E-state index in [1.54, 1.807) is 0 Å². The van der Waals surface area contributed by atoms with Gasteiger partial charge in [0.05, 0.1) is 4.92 Å². The first-order valence-electron chi connectivity index (χ1n) is 7.70. The molecule has 1 aliphatic rings. The van der Waals surface area contributed by atoms with Crippen LogP contribution in [0.4, 0.5) is 11.4 Å². The Morgan fingerprint density at radius 2 is 1.92 bits per heavy atom. The number of nitro groups is 1. The Bertz CT molecular complexity index is 837. The average Bonchev–Trinajstić information content (AvgIpc) is 2.61. The maximum Gasteiger partial charge on any atom is 0.293 e. The minimum atomic E-state index is -0.713. The quantitative estimate of drug-likeness (QED) is 0.637. The number of nitrogens with two attached hydrogens (primary N) is 1. The van der Waals surface area contributed by atoms with Crippen LogP contribution in [0, 0.1) is 10.1 Å². The summed E-state index contributed by atoms with van der Waals surface area (Å²) < 4.78 is 11.0. The number of hydrogen-bond donors (Lipinski definition) is 2. The molecule has 1 heterocycles. The summed E-state index contributed by atoms with van der Waals surface area (Å²) in [6.07, 6.45) is 0. The standard InChI is InChI=1S/C17H17N3O5/c1-10(11-3-5-15-16(9-11)25-7-6-24-15)19-13-4-2-12(17(18)21)8-14(13)20(22)23/h2-5,8-10,19H,6-7H2,1H3,(H2,18,21)/t10-/m1/s1. The Balaban J connectivity index is 1.86. The molecule has 1 amide bonds. The Kier molecular flexibility index (Phi) is 4.42. The van der Waals surface area contributed by atoms with Crippen molar-refractivity contribution < 1.29 is 19.2 Å². The van der Waals surface area contributed by atoms with Crippen LogP contribution in [0.3, 0.4) is 0 Å². The van der Waals surface area contributed by atoms with Gasteiger partial charge in [-0.05, 0) is 36.8 Å². The number of carbonyl (C=O) groups is 1. The number of nitro benzene ring substituents is 1. The molecule has 0 fully saturated rings. The van der Waals surface area contributed by atoms with Gasteiger partial charge in [0.25, 0.3) is 5.69 Å². The molecule has 0 bridgehead atoms. The molecule has 0 saturated heterocycles. The van der Waals surface area contributed by atoms with Crippen molar-refractivity contribution in [1.29, 1.82) is 0 Å². The van der Waals surface area contributed by atoms with E-state index in [2.05, 4.69) is 5.32 Å². The van der Waals surface area contributed by atoms with Crippen molar-refractivity contribution in [2.24, 2.45) is 5.73 Å². The highest BCUT2D eigenvalue weighted by molar-refractivity contribution is 5.94. The molecular formula is C17H17N3O5. The molecule has 1 aliphatic heterocycles. The lowest BCUT2D eigenvalue weighted by atomic mass is 10.1. The maximum atomic E-state index is 11.3. The number of fused-ring (bicyclic) bond motifs is 1. The Labute approximate surface area is 143 Å². The highest BCUT2D eigenvalue weighted by Crippen LogP contribution is 2.34. The van der Waals surface area contributed by atoms with E-state index in [1.165, 1.54) is 18.2 Å². The van der Waals surface area contributed by atoms with Crippen molar-refractivity contribution in [3.63, 3.8) is 0 Å². The molecular weight excluding hydrogens is 326 g/mol. The molecule has 2 aromatic carbocycles. The first kappa shape index (κ1) is 16.6. The Hall–Kier alpha value is -3.29. The van der Waals surface area contributed by atoms with Crippen molar-refractivity contribution >= 4 is 17.3 Å². The van der Waals surface area contributed by atoms with Crippen molar-refractivity contribution in [3.05, 3.63) is 57.6 Å². The largest absolute Gasteiger partial charge is 0.486 e. The van der Waals surface area contributed by atoms with Crippen LogP contribution in [-0.2, 0) is 0 Å². The fraction of sp³-hybridized carbons (Fsp3) is 0.235. The van der Waals surface area contributed by atoms with Gasteiger partial charge in [-0.3, -0.25) is 14.9 Å². The molecule has 0 saturated carbocycles. The molecule has 1 atom stereocenters. The number of nitrogens with one attached hydrogen (secondary N) is 1. The second-order valence-electron chi connectivity index (χ2n) is 5.62. The zero-order valence-corrected chi connectivity index (χ0v) is 13.5. The molecule has 8 heteroatoms. The second kappa shape index (κ2) is 6.68. The van der Waals surface area contributed by atoms with Gasteiger partial charge in [0.1, 0.15) is 18.9 Å². The van der Waals surface area contributed by atoms with Crippen molar-refractivity contribution in [1.82, 2.24) is 0 Å². The molecule has 2 aromatic rings. The second-order valence-corrected chi connectivity index (χ2v) is 5.62. The SMILES string of the molecule is C[C@@H](Nc1ccc(C(N)=O)cc1[N+](=O)[O-])c1ccc2c(c1)OCCO2. The van der Waals surface area contributed by atoms with Crippen LogP contribution in [0.5, 0.6) is 11.5 Å². The molecule has 0 aliphatic carbocycles. The van der Waals surface area contributed by atoms with Gasteiger partial charge in [0.15, 0.2) is 11.5 Å². The van der Waals surface area contributed by atoms with Gasteiger partial charge in [-0.1, -0.05) is 6.07 Å². The van der Waals surface area contributed by atoms with Crippen LogP contribution in [0.15, 0.2) is 36.4 Å². The van der Waals surface area contributed by atoms with Gasteiger partial charge in [0, 0.05) is 17.7 Å². The highest BCUT2D eigenvalue weighted by Gasteiger charge is 2.20. The fourth-order valence-electron chi connectivity index (χ4n) is 2.60. The highest BCUT2D eigenvalue weighted by atomic mass is 16.6. The Morgan fingerprint density at radius 1 is 1.20 bits per heavy atom. The van der Waals surface area contributed by atoms with Crippen LogP contribution < -0.4 is 20.5 Å². The number of anilines is 1. The molecule has 130 valence electrons. The molecule has 0 radical (unpaired) electrons. The number of primary amides is 1. The number of rotatable bonds is 5. The zero-order valence-electron chi connectivity index (χ0n) is 13.5. The molecule has 0 unspecified atom stereocenters. The summed E-state index contributed by atoms with van der Waals surface area (Å²) in [5, 5.41) is 14.4. The zero-order chi connectivity index (χ0) is 18.0. The van der Waals surface area contributed by atoms with E-state index in [0.717, 1.165) is 5.56 Å². The summed E-state index contributed by atoms with van der Waals surface area (Å²) in [4.78, 5) is 22.0. The summed E-state index contributed by atoms with van der Waals surface area (Å²) in [7, 11) is 0. The number of benzene rings is 2. The summed E-state index contributed by atoms with van der Waals surface area (Å²) >= 11 is 0. The third kappa shape index (κ3) is 3.47. The fourth-order valence-corrected chi connectivity index (χ4v) is 2.60. The van der Waals surface area contributed by atoms with Crippen LogP contribution in [-0.4, -0.2) is 24.0 Å². The van der Waals surface area contributed by atoms with Crippen molar-refractivity contribution in [3.8, 4) is 11.5 Å². The summed E-state index contributed by atoms with van der Waals surface area (Å²) in [6, 6.07) is 9.40. The van der Waals surface area contributed by atoms with Crippen molar-refractivity contribution in [2.75, 3.05) is 18.5 Å². The number of hydrogen-bond acceptors (Lipinski definition) is 6. The first-order valence-corrected chi connectivity index (χ1v) is 7.70. The number of amides is 1. The predicted octanol–water partition coefficient (Wildman–Crippen LogP) is 2.64. The van der Waals surface area contributed by atoms with Gasteiger partial charge in [-0.15, -0.1) is 0 Å². The molecule has 0 aromatic heterocycles. The molecule has 0 spiro atoms. The lowest BCUT2D eigenvalue weighted by Gasteiger charge is -2.21.